The minimum absolute atomic E-state index is 0.175. The zero-order valence-corrected chi connectivity index (χ0v) is 15.6. The van der Waals surface area contributed by atoms with Crippen LogP contribution in [-0.4, -0.2) is 14.6 Å². The summed E-state index contributed by atoms with van der Waals surface area (Å²) >= 11 is 7.23. The van der Waals surface area contributed by atoms with E-state index in [-0.39, 0.29) is 6.61 Å². The Bertz CT molecular complexity index is 1110. The number of rotatable bonds is 6. The van der Waals surface area contributed by atoms with E-state index in [9.17, 15) is 5.26 Å². The number of ether oxygens (including phenoxy) is 1. The van der Waals surface area contributed by atoms with E-state index in [0.717, 1.165) is 11.1 Å². The van der Waals surface area contributed by atoms with Gasteiger partial charge < -0.3 is 13.6 Å². The normalized spacial score (nSPS) is 10.8. The molecule has 0 aliphatic heterocycles. The standard InChI is InChI=1S/C19H13ClN4O2S/c20-14-4-6-15(7-5-14)25-11-18-22-23-19(26-18)27-12-13-10-24-8-2-1-3-17(24)16(13)9-21/h1-8,10H,11-12H2. The molecule has 0 N–H and O–H groups in total. The molecule has 0 unspecified atom stereocenters. The molecule has 27 heavy (non-hydrogen) atoms. The monoisotopic (exact) mass is 396 g/mol. The Morgan fingerprint density at radius 2 is 2.04 bits per heavy atom. The van der Waals surface area contributed by atoms with E-state index in [0.29, 0.717) is 33.2 Å². The quantitative estimate of drug-likeness (QED) is 0.439. The predicted molar refractivity (Wildman–Crippen MR) is 102 cm³/mol. The van der Waals surface area contributed by atoms with Gasteiger partial charge in [0.05, 0.1) is 11.1 Å². The fourth-order valence-corrected chi connectivity index (χ4v) is 3.46. The summed E-state index contributed by atoms with van der Waals surface area (Å²) in [6.45, 7) is 0.175. The lowest BCUT2D eigenvalue weighted by atomic mass is 10.2. The molecule has 3 heterocycles. The number of thioether (sulfide) groups is 1. The maximum atomic E-state index is 9.45. The molecule has 6 nitrogen and oxygen atoms in total. The smallest absolute Gasteiger partial charge is 0.277 e. The number of pyridine rings is 1. The van der Waals surface area contributed by atoms with Crippen molar-refractivity contribution < 1.29 is 9.15 Å². The summed E-state index contributed by atoms with van der Waals surface area (Å²) < 4.78 is 13.1. The Morgan fingerprint density at radius 1 is 1.19 bits per heavy atom. The van der Waals surface area contributed by atoms with Crippen LogP contribution in [0, 0.1) is 11.3 Å². The number of halogens is 1. The molecule has 0 saturated carbocycles. The Balaban J connectivity index is 1.40. The van der Waals surface area contributed by atoms with E-state index in [1.165, 1.54) is 11.8 Å². The third kappa shape index (κ3) is 3.92. The Hall–Kier alpha value is -2.95. The number of aromatic nitrogens is 3. The second kappa shape index (κ2) is 7.74. The van der Waals surface area contributed by atoms with E-state index in [1.54, 1.807) is 24.3 Å². The molecule has 3 aromatic heterocycles. The molecule has 0 spiro atoms. The number of nitrogens with zero attached hydrogens (tertiary/aromatic N) is 4. The van der Waals surface area contributed by atoms with Crippen LogP contribution >= 0.6 is 23.4 Å². The average molecular weight is 397 g/mol. The minimum atomic E-state index is 0.175. The van der Waals surface area contributed by atoms with Gasteiger partial charge in [0.15, 0.2) is 6.61 Å². The van der Waals surface area contributed by atoms with Crippen molar-refractivity contribution in [3.63, 3.8) is 0 Å². The van der Waals surface area contributed by atoms with Gasteiger partial charge >= 0.3 is 0 Å². The summed E-state index contributed by atoms with van der Waals surface area (Å²) in [5.41, 5.74) is 2.47. The van der Waals surface area contributed by atoms with Gasteiger partial charge in [-0.3, -0.25) is 0 Å². The molecule has 4 rings (SSSR count). The molecule has 0 aliphatic rings. The van der Waals surface area contributed by atoms with Crippen LogP contribution in [0.5, 0.6) is 5.75 Å². The van der Waals surface area contributed by atoms with E-state index in [4.69, 9.17) is 20.8 Å². The highest BCUT2D eigenvalue weighted by atomic mass is 35.5. The third-order valence-corrected chi connectivity index (χ3v) is 4.97. The van der Waals surface area contributed by atoms with Gasteiger partial charge in [-0.1, -0.05) is 29.4 Å². The minimum Gasteiger partial charge on any atom is -0.484 e. The van der Waals surface area contributed by atoms with Crippen LogP contribution < -0.4 is 4.74 Å². The molecule has 134 valence electrons. The summed E-state index contributed by atoms with van der Waals surface area (Å²) in [5, 5.41) is 18.5. The van der Waals surface area contributed by atoms with Crippen LogP contribution in [0.2, 0.25) is 5.02 Å². The highest BCUT2D eigenvalue weighted by Crippen LogP contribution is 2.26. The Labute approximate surface area is 164 Å². The van der Waals surface area contributed by atoms with E-state index < -0.39 is 0 Å². The number of nitriles is 1. The van der Waals surface area contributed by atoms with Crippen LogP contribution in [0.15, 0.2) is 64.5 Å². The molecule has 0 radical (unpaired) electrons. The first-order valence-electron chi connectivity index (χ1n) is 8.05. The molecule has 0 atom stereocenters. The Morgan fingerprint density at radius 3 is 2.85 bits per heavy atom. The van der Waals surface area contributed by atoms with Crippen molar-refractivity contribution in [3.05, 3.63) is 76.9 Å². The van der Waals surface area contributed by atoms with Crippen LogP contribution in [0.3, 0.4) is 0 Å². The highest BCUT2D eigenvalue weighted by Gasteiger charge is 2.13. The molecule has 0 amide bonds. The fraction of sp³-hybridized carbons (Fsp3) is 0.105. The first-order valence-corrected chi connectivity index (χ1v) is 9.41. The van der Waals surface area contributed by atoms with Gasteiger partial charge in [0.1, 0.15) is 11.8 Å². The predicted octanol–water partition coefficient (Wildman–Crippen LogP) is 4.72. The largest absolute Gasteiger partial charge is 0.484 e. The average Bonchev–Trinajstić information content (AvgIpc) is 3.29. The van der Waals surface area contributed by atoms with Crippen LogP contribution in [-0.2, 0) is 12.4 Å². The first kappa shape index (κ1) is 17.5. The van der Waals surface area contributed by atoms with E-state index in [2.05, 4.69) is 16.3 Å². The van der Waals surface area contributed by atoms with Crippen molar-refractivity contribution in [2.45, 2.75) is 17.6 Å². The summed E-state index contributed by atoms with van der Waals surface area (Å²) in [7, 11) is 0. The lowest BCUT2D eigenvalue weighted by molar-refractivity contribution is 0.252. The van der Waals surface area contributed by atoms with Crippen molar-refractivity contribution in [1.82, 2.24) is 14.6 Å². The molecule has 0 aliphatic carbocycles. The van der Waals surface area contributed by atoms with Gasteiger partial charge in [-0.15, -0.1) is 10.2 Å². The number of hydrogen-bond donors (Lipinski definition) is 0. The van der Waals surface area contributed by atoms with E-state index >= 15 is 0 Å². The second-order valence-corrected chi connectivity index (χ2v) is 6.99. The maximum Gasteiger partial charge on any atom is 0.277 e. The van der Waals surface area contributed by atoms with Gasteiger partial charge in [0.2, 0.25) is 0 Å². The number of hydrogen-bond acceptors (Lipinski definition) is 6. The lowest BCUT2D eigenvalue weighted by Crippen LogP contribution is -1.95. The SMILES string of the molecule is N#Cc1c(CSc2nnc(COc3ccc(Cl)cc3)o2)cn2ccccc12. The summed E-state index contributed by atoms with van der Waals surface area (Å²) in [6.07, 6.45) is 3.87. The number of fused-ring (bicyclic) bond motifs is 1. The van der Waals surface area contributed by atoms with Gasteiger partial charge in [-0.25, -0.2) is 0 Å². The summed E-state index contributed by atoms with van der Waals surface area (Å²) in [5.74, 6) is 1.62. The highest BCUT2D eigenvalue weighted by molar-refractivity contribution is 7.98. The summed E-state index contributed by atoms with van der Waals surface area (Å²) in [4.78, 5) is 0. The van der Waals surface area contributed by atoms with Crippen molar-refractivity contribution in [2.24, 2.45) is 0 Å². The second-order valence-electron chi connectivity index (χ2n) is 5.63. The van der Waals surface area contributed by atoms with Crippen molar-refractivity contribution in [2.75, 3.05) is 0 Å². The third-order valence-electron chi connectivity index (χ3n) is 3.85. The molecular formula is C19H13ClN4O2S. The van der Waals surface area contributed by atoms with Gasteiger partial charge in [0, 0.05) is 23.2 Å². The first-order chi connectivity index (χ1) is 13.2. The molecule has 0 saturated heterocycles. The fourth-order valence-electron chi connectivity index (χ4n) is 2.59. The van der Waals surface area contributed by atoms with Crippen molar-refractivity contribution >= 4 is 28.9 Å². The molecule has 1 aromatic carbocycles. The molecule has 8 heteroatoms. The zero-order valence-electron chi connectivity index (χ0n) is 14.0. The molecule has 0 bridgehead atoms. The van der Waals surface area contributed by atoms with Crippen LogP contribution in [0.4, 0.5) is 0 Å². The van der Waals surface area contributed by atoms with Crippen molar-refractivity contribution in [1.29, 1.82) is 5.26 Å². The topological polar surface area (TPSA) is 76.3 Å². The summed E-state index contributed by atoms with van der Waals surface area (Å²) in [6, 6.07) is 15.1. The van der Waals surface area contributed by atoms with E-state index in [1.807, 2.05) is 35.0 Å². The lowest BCUT2D eigenvalue weighted by Gasteiger charge is -2.02. The van der Waals surface area contributed by atoms with Crippen LogP contribution in [0.1, 0.15) is 17.0 Å². The zero-order chi connectivity index (χ0) is 18.6. The van der Waals surface area contributed by atoms with Gasteiger partial charge in [-0.2, -0.15) is 5.26 Å². The number of benzene rings is 1. The molecule has 4 aromatic rings. The Kier molecular flexibility index (Phi) is 5.01. The van der Waals surface area contributed by atoms with Crippen LogP contribution in [0.25, 0.3) is 5.52 Å². The maximum absolute atomic E-state index is 9.45. The van der Waals surface area contributed by atoms with Gasteiger partial charge in [0.25, 0.3) is 11.1 Å². The van der Waals surface area contributed by atoms with Gasteiger partial charge in [-0.05, 0) is 42.0 Å². The van der Waals surface area contributed by atoms with Crippen molar-refractivity contribution in [3.8, 4) is 11.8 Å². The molecule has 0 fully saturated rings. The molecular weight excluding hydrogens is 384 g/mol.